The van der Waals surface area contributed by atoms with Crippen LogP contribution in [0, 0.1) is 12.3 Å². The second-order valence-corrected chi connectivity index (χ2v) is 9.38. The molecule has 0 amide bonds. The zero-order valence-corrected chi connectivity index (χ0v) is 21.3. The minimum absolute atomic E-state index is 0.185. The Labute approximate surface area is 213 Å². The largest absolute Gasteiger partial charge is 0.497 e. The lowest BCUT2D eigenvalue weighted by Gasteiger charge is -2.25. The zero-order chi connectivity index (χ0) is 25.8. The maximum Gasteiger partial charge on any atom is 0.338 e. The molecule has 2 heterocycles. The predicted molar refractivity (Wildman–Crippen MR) is 139 cm³/mol. The van der Waals surface area contributed by atoms with Gasteiger partial charge in [-0.2, -0.15) is 0 Å². The van der Waals surface area contributed by atoms with Gasteiger partial charge in [0, 0.05) is 0 Å². The van der Waals surface area contributed by atoms with Crippen molar-refractivity contribution in [1.82, 2.24) is 4.57 Å². The highest BCUT2D eigenvalue weighted by Gasteiger charge is 2.33. The molecule has 1 aliphatic heterocycles. The highest BCUT2D eigenvalue weighted by molar-refractivity contribution is 7.07. The molecule has 0 aliphatic carbocycles. The first-order valence-corrected chi connectivity index (χ1v) is 12.2. The molecule has 0 saturated heterocycles. The number of nitrogens with zero attached hydrogens (tertiary/aromatic N) is 2. The van der Waals surface area contributed by atoms with Gasteiger partial charge >= 0.3 is 5.97 Å². The SMILES string of the molecule is C#CCOc1ccc(/C=c2\sc3n(c2=O)[C@@H](c2ccc(OC)cc2)C(C(=O)OC(C)C)=C(C)N=3)cc1. The molecule has 184 valence electrons. The number of ether oxygens (including phenoxy) is 3. The third kappa shape index (κ3) is 5.11. The van der Waals surface area contributed by atoms with Crippen LogP contribution in [0.4, 0.5) is 0 Å². The number of benzene rings is 2. The molecule has 0 unspecified atom stereocenters. The normalized spacial score (nSPS) is 15.2. The first-order valence-electron chi connectivity index (χ1n) is 11.4. The van der Waals surface area contributed by atoms with E-state index in [0.29, 0.717) is 32.1 Å². The molecule has 2 aromatic carbocycles. The van der Waals surface area contributed by atoms with Crippen LogP contribution in [0.5, 0.6) is 11.5 Å². The minimum atomic E-state index is -0.680. The van der Waals surface area contributed by atoms with Crippen LogP contribution in [0.1, 0.15) is 37.9 Å². The molecule has 1 atom stereocenters. The van der Waals surface area contributed by atoms with E-state index in [2.05, 4.69) is 10.9 Å². The lowest BCUT2D eigenvalue weighted by atomic mass is 9.96. The van der Waals surface area contributed by atoms with Crippen molar-refractivity contribution in [3.05, 3.63) is 90.6 Å². The number of carbonyl (C=O) groups is 1. The number of carbonyl (C=O) groups excluding carboxylic acids is 1. The van der Waals surface area contributed by atoms with Crippen LogP contribution < -0.4 is 24.4 Å². The Bertz CT molecular complexity index is 1520. The van der Waals surface area contributed by atoms with E-state index in [1.54, 1.807) is 62.8 Å². The van der Waals surface area contributed by atoms with Crippen LogP contribution >= 0.6 is 11.3 Å². The van der Waals surface area contributed by atoms with Crippen molar-refractivity contribution in [2.45, 2.75) is 32.9 Å². The summed E-state index contributed by atoms with van der Waals surface area (Å²) < 4.78 is 18.3. The highest BCUT2D eigenvalue weighted by atomic mass is 32.1. The highest BCUT2D eigenvalue weighted by Crippen LogP contribution is 2.31. The van der Waals surface area contributed by atoms with Crippen LogP contribution in [-0.2, 0) is 9.53 Å². The topological polar surface area (TPSA) is 79.1 Å². The molecule has 0 N–H and O–H groups in total. The molecular formula is C28H26N2O5S. The van der Waals surface area contributed by atoms with Gasteiger partial charge in [-0.25, -0.2) is 9.79 Å². The van der Waals surface area contributed by atoms with Crippen molar-refractivity contribution in [3.63, 3.8) is 0 Å². The van der Waals surface area contributed by atoms with Gasteiger partial charge in [-0.05, 0) is 62.2 Å². The molecule has 0 fully saturated rings. The number of fused-ring (bicyclic) bond motifs is 1. The summed E-state index contributed by atoms with van der Waals surface area (Å²) in [6.07, 6.45) is 6.72. The lowest BCUT2D eigenvalue weighted by Crippen LogP contribution is -2.40. The molecule has 8 heteroatoms. The van der Waals surface area contributed by atoms with Crippen molar-refractivity contribution in [1.29, 1.82) is 0 Å². The van der Waals surface area contributed by atoms with Crippen LogP contribution in [0.25, 0.3) is 6.08 Å². The van der Waals surface area contributed by atoms with E-state index >= 15 is 0 Å². The Morgan fingerprint density at radius 3 is 2.44 bits per heavy atom. The third-order valence-electron chi connectivity index (χ3n) is 5.52. The Kier molecular flexibility index (Phi) is 7.41. The first kappa shape index (κ1) is 25.0. The lowest BCUT2D eigenvalue weighted by molar-refractivity contribution is -0.143. The molecule has 0 bridgehead atoms. The molecule has 36 heavy (non-hydrogen) atoms. The Balaban J connectivity index is 1.84. The fourth-order valence-corrected chi connectivity index (χ4v) is 4.95. The van der Waals surface area contributed by atoms with Crippen molar-refractivity contribution in [2.75, 3.05) is 13.7 Å². The number of terminal acetylenes is 1. The quantitative estimate of drug-likeness (QED) is 0.366. The van der Waals surface area contributed by atoms with Gasteiger partial charge in [-0.3, -0.25) is 9.36 Å². The summed E-state index contributed by atoms with van der Waals surface area (Å²) in [5.41, 5.74) is 2.19. The van der Waals surface area contributed by atoms with Gasteiger partial charge in [0.25, 0.3) is 5.56 Å². The number of thiazole rings is 1. The third-order valence-corrected chi connectivity index (χ3v) is 6.50. The Morgan fingerprint density at radius 2 is 1.83 bits per heavy atom. The zero-order valence-electron chi connectivity index (χ0n) is 20.5. The maximum atomic E-state index is 13.7. The monoisotopic (exact) mass is 502 g/mol. The van der Waals surface area contributed by atoms with E-state index in [1.165, 1.54) is 11.3 Å². The second kappa shape index (κ2) is 10.7. The Morgan fingerprint density at radius 1 is 1.17 bits per heavy atom. The summed E-state index contributed by atoms with van der Waals surface area (Å²) in [6, 6.07) is 13.9. The summed E-state index contributed by atoms with van der Waals surface area (Å²) in [5, 5.41) is 0. The number of hydrogen-bond acceptors (Lipinski definition) is 7. The van der Waals surface area contributed by atoms with Crippen molar-refractivity contribution in [2.24, 2.45) is 4.99 Å². The number of methoxy groups -OCH3 is 1. The van der Waals surface area contributed by atoms with E-state index < -0.39 is 12.0 Å². The van der Waals surface area contributed by atoms with Crippen LogP contribution in [0.15, 0.2) is 69.6 Å². The van der Waals surface area contributed by atoms with Crippen LogP contribution in [-0.4, -0.2) is 30.4 Å². The maximum absolute atomic E-state index is 13.7. The van der Waals surface area contributed by atoms with E-state index in [-0.39, 0.29) is 18.3 Å². The van der Waals surface area contributed by atoms with E-state index in [4.69, 9.17) is 20.6 Å². The molecule has 1 aromatic heterocycles. The summed E-state index contributed by atoms with van der Waals surface area (Å²) in [6.45, 7) is 5.52. The molecule has 7 nitrogen and oxygen atoms in total. The standard InChI is InChI=1S/C28H26N2O5S/c1-6-15-34-22-11-7-19(8-12-22)16-23-26(31)30-25(20-9-13-21(33-5)14-10-20)24(27(32)35-17(2)3)18(4)29-28(30)36-23/h1,7-14,16-17,25H,15H2,2-5H3/b23-16-/t25-/m0/s1. The molecule has 0 spiro atoms. The molecule has 3 aromatic rings. The summed E-state index contributed by atoms with van der Waals surface area (Å²) in [7, 11) is 1.58. The number of allylic oxidation sites excluding steroid dienone is 1. The molecule has 4 rings (SSSR count). The molecule has 1 aliphatic rings. The van der Waals surface area contributed by atoms with Crippen LogP contribution in [0.3, 0.4) is 0 Å². The number of esters is 1. The second-order valence-electron chi connectivity index (χ2n) is 8.37. The smallest absolute Gasteiger partial charge is 0.338 e. The van der Waals surface area contributed by atoms with Crippen LogP contribution in [0.2, 0.25) is 0 Å². The summed E-state index contributed by atoms with van der Waals surface area (Å²) in [4.78, 5) is 31.9. The van der Waals surface area contributed by atoms with Gasteiger partial charge in [-0.15, -0.1) is 6.42 Å². The van der Waals surface area contributed by atoms with E-state index in [0.717, 1.165) is 11.1 Å². The van der Waals surface area contributed by atoms with E-state index in [9.17, 15) is 9.59 Å². The molecular weight excluding hydrogens is 476 g/mol. The Hall–Kier alpha value is -4.09. The van der Waals surface area contributed by atoms with Gasteiger partial charge in [-0.1, -0.05) is 41.5 Å². The summed E-state index contributed by atoms with van der Waals surface area (Å²) in [5.74, 6) is 3.25. The van der Waals surface area contributed by atoms with Gasteiger partial charge < -0.3 is 14.2 Å². The van der Waals surface area contributed by atoms with Gasteiger partial charge in [0.05, 0.1) is 35.1 Å². The van der Waals surface area contributed by atoms with Crippen molar-refractivity contribution < 1.29 is 19.0 Å². The average Bonchev–Trinajstić information content (AvgIpc) is 3.16. The van der Waals surface area contributed by atoms with Crippen molar-refractivity contribution in [3.8, 4) is 23.8 Å². The summed E-state index contributed by atoms with van der Waals surface area (Å²) >= 11 is 1.27. The predicted octanol–water partition coefficient (Wildman–Crippen LogP) is 3.21. The van der Waals surface area contributed by atoms with E-state index in [1.807, 2.05) is 24.3 Å². The number of aromatic nitrogens is 1. The first-order chi connectivity index (χ1) is 17.3. The number of rotatable bonds is 7. The minimum Gasteiger partial charge on any atom is -0.497 e. The molecule has 0 saturated carbocycles. The fourth-order valence-electron chi connectivity index (χ4n) is 3.90. The average molecular weight is 503 g/mol. The van der Waals surface area contributed by atoms with Gasteiger partial charge in [0.15, 0.2) is 4.80 Å². The van der Waals surface area contributed by atoms with Gasteiger partial charge in [0.2, 0.25) is 0 Å². The van der Waals surface area contributed by atoms with Gasteiger partial charge in [0.1, 0.15) is 18.1 Å². The molecule has 0 radical (unpaired) electrons. The number of hydrogen-bond donors (Lipinski definition) is 0. The van der Waals surface area contributed by atoms with Crippen molar-refractivity contribution >= 4 is 23.4 Å². The fraction of sp³-hybridized carbons (Fsp3) is 0.250.